The number of nitrogens with one attached hydrogen (secondary N) is 1. The molecule has 0 aromatic carbocycles. The molecule has 0 aliphatic carbocycles. The van der Waals surface area contributed by atoms with Crippen LogP contribution in [0.5, 0.6) is 0 Å². The third kappa shape index (κ3) is 6.78. The largest absolute Gasteiger partial charge is 0.468 e. The fraction of sp³-hybridized carbons (Fsp3) is 0.818. The number of esters is 1. The van der Waals surface area contributed by atoms with Gasteiger partial charge in [0.2, 0.25) is 0 Å². The van der Waals surface area contributed by atoms with Crippen LogP contribution in [0, 0.1) is 5.92 Å². The average molecular weight is 246 g/mol. The molecule has 3 N–H and O–H groups in total. The Hall–Kier alpha value is -1.30. The molecule has 0 aliphatic rings. The van der Waals surface area contributed by atoms with Crippen LogP contribution >= 0.6 is 0 Å². The average Bonchev–Trinajstić information content (AvgIpc) is 2.21. The van der Waals surface area contributed by atoms with Gasteiger partial charge < -0.3 is 20.5 Å². The number of carbonyl (C=O) groups excluding carboxylic acids is 2. The highest BCUT2D eigenvalue weighted by Gasteiger charge is 2.23. The lowest BCUT2D eigenvalue weighted by atomic mass is 10.0. The molecule has 2 unspecified atom stereocenters. The maximum atomic E-state index is 11.3. The van der Waals surface area contributed by atoms with Crippen LogP contribution in [0.1, 0.15) is 27.7 Å². The molecule has 0 bridgehead atoms. The van der Waals surface area contributed by atoms with Crippen molar-refractivity contribution in [2.24, 2.45) is 11.7 Å². The number of amides is 1. The SMILES string of the molecule is COC(=O)C(N)C(C)CNC(=O)OC(C)(C)C. The normalized spacial score (nSPS) is 14.7. The zero-order valence-corrected chi connectivity index (χ0v) is 11.1. The Morgan fingerprint density at radius 1 is 1.35 bits per heavy atom. The lowest BCUT2D eigenvalue weighted by molar-refractivity contribution is -0.143. The molecule has 2 atom stereocenters. The molecule has 0 aromatic heterocycles. The Bertz CT molecular complexity index is 273. The van der Waals surface area contributed by atoms with E-state index in [0.29, 0.717) is 0 Å². The Labute approximate surface area is 102 Å². The number of ether oxygens (including phenoxy) is 2. The first-order valence-electron chi connectivity index (χ1n) is 5.47. The summed E-state index contributed by atoms with van der Waals surface area (Å²) in [7, 11) is 1.27. The molecular formula is C11H22N2O4. The third-order valence-corrected chi connectivity index (χ3v) is 2.05. The molecule has 0 spiro atoms. The zero-order valence-electron chi connectivity index (χ0n) is 11.1. The van der Waals surface area contributed by atoms with E-state index in [9.17, 15) is 9.59 Å². The van der Waals surface area contributed by atoms with Crippen molar-refractivity contribution in [3.8, 4) is 0 Å². The molecule has 0 aliphatic heterocycles. The summed E-state index contributed by atoms with van der Waals surface area (Å²) in [6, 6.07) is -0.755. The summed E-state index contributed by atoms with van der Waals surface area (Å²) in [6.45, 7) is 7.33. The number of alkyl carbamates (subject to hydrolysis) is 1. The smallest absolute Gasteiger partial charge is 0.407 e. The Morgan fingerprint density at radius 2 is 1.88 bits per heavy atom. The lowest BCUT2D eigenvalue weighted by Gasteiger charge is -2.22. The van der Waals surface area contributed by atoms with Gasteiger partial charge >= 0.3 is 12.1 Å². The predicted octanol–water partition coefficient (Wildman–Crippen LogP) is 0.647. The quantitative estimate of drug-likeness (QED) is 0.711. The van der Waals surface area contributed by atoms with Crippen molar-refractivity contribution in [2.45, 2.75) is 39.3 Å². The summed E-state index contributed by atoms with van der Waals surface area (Å²) in [6.07, 6.45) is -0.526. The van der Waals surface area contributed by atoms with Gasteiger partial charge in [-0.1, -0.05) is 6.92 Å². The number of hydrogen-bond donors (Lipinski definition) is 2. The van der Waals surface area contributed by atoms with E-state index in [1.807, 2.05) is 0 Å². The van der Waals surface area contributed by atoms with Crippen LogP contribution in [0.15, 0.2) is 0 Å². The van der Waals surface area contributed by atoms with Crippen molar-refractivity contribution in [2.75, 3.05) is 13.7 Å². The number of hydrogen-bond acceptors (Lipinski definition) is 5. The summed E-state index contributed by atoms with van der Waals surface area (Å²) in [4.78, 5) is 22.5. The van der Waals surface area contributed by atoms with E-state index in [1.165, 1.54) is 7.11 Å². The molecule has 1 amide bonds. The van der Waals surface area contributed by atoms with E-state index in [0.717, 1.165) is 0 Å². The molecule has 6 heteroatoms. The molecule has 17 heavy (non-hydrogen) atoms. The molecule has 0 saturated carbocycles. The Kier molecular flexibility index (Phi) is 5.95. The minimum Gasteiger partial charge on any atom is -0.468 e. The summed E-state index contributed by atoms with van der Waals surface area (Å²) in [5, 5.41) is 2.55. The fourth-order valence-corrected chi connectivity index (χ4v) is 1.05. The van der Waals surface area contributed by atoms with E-state index in [1.54, 1.807) is 27.7 Å². The second-order valence-corrected chi connectivity index (χ2v) is 4.91. The first-order chi connectivity index (χ1) is 7.67. The zero-order chi connectivity index (χ0) is 13.6. The van der Waals surface area contributed by atoms with E-state index >= 15 is 0 Å². The maximum absolute atomic E-state index is 11.3. The van der Waals surface area contributed by atoms with Gasteiger partial charge in [-0.2, -0.15) is 0 Å². The lowest BCUT2D eigenvalue weighted by Crippen LogP contribution is -2.44. The van der Waals surface area contributed by atoms with Gasteiger partial charge in [0.25, 0.3) is 0 Å². The van der Waals surface area contributed by atoms with Crippen LogP contribution in [0.25, 0.3) is 0 Å². The van der Waals surface area contributed by atoms with Gasteiger partial charge in [-0.15, -0.1) is 0 Å². The molecule has 0 heterocycles. The van der Waals surface area contributed by atoms with Gasteiger partial charge in [0.05, 0.1) is 7.11 Å². The molecule has 0 fully saturated rings. The summed E-state index contributed by atoms with van der Waals surface area (Å²) in [5.74, 6) is -0.724. The van der Waals surface area contributed by atoms with Crippen molar-refractivity contribution >= 4 is 12.1 Å². The first-order valence-corrected chi connectivity index (χ1v) is 5.47. The maximum Gasteiger partial charge on any atom is 0.407 e. The van der Waals surface area contributed by atoms with E-state index in [-0.39, 0.29) is 12.5 Å². The van der Waals surface area contributed by atoms with Gasteiger partial charge in [0, 0.05) is 6.54 Å². The molecule has 100 valence electrons. The van der Waals surface area contributed by atoms with Crippen LogP contribution in [0.4, 0.5) is 4.79 Å². The monoisotopic (exact) mass is 246 g/mol. The fourth-order valence-electron chi connectivity index (χ4n) is 1.05. The van der Waals surface area contributed by atoms with Gasteiger partial charge in [-0.3, -0.25) is 4.79 Å². The van der Waals surface area contributed by atoms with Gasteiger partial charge in [0.1, 0.15) is 11.6 Å². The van der Waals surface area contributed by atoms with Crippen LogP contribution in [0.2, 0.25) is 0 Å². The minimum absolute atomic E-state index is 0.227. The van der Waals surface area contributed by atoms with Gasteiger partial charge in [-0.05, 0) is 26.7 Å². The second kappa shape index (κ2) is 6.44. The van der Waals surface area contributed by atoms with Crippen molar-refractivity contribution in [3.05, 3.63) is 0 Å². The number of nitrogens with two attached hydrogens (primary N) is 1. The summed E-state index contributed by atoms with van der Waals surface area (Å²) in [5.41, 5.74) is 5.07. The van der Waals surface area contributed by atoms with E-state index in [2.05, 4.69) is 10.1 Å². The van der Waals surface area contributed by atoms with Crippen molar-refractivity contribution in [1.29, 1.82) is 0 Å². The van der Waals surface area contributed by atoms with Crippen LogP contribution in [-0.4, -0.2) is 37.4 Å². The third-order valence-electron chi connectivity index (χ3n) is 2.05. The first kappa shape index (κ1) is 15.7. The number of methoxy groups -OCH3 is 1. The summed E-state index contributed by atoms with van der Waals surface area (Å²) < 4.78 is 9.56. The van der Waals surface area contributed by atoms with Crippen molar-refractivity contribution in [1.82, 2.24) is 5.32 Å². The van der Waals surface area contributed by atoms with Crippen molar-refractivity contribution < 1.29 is 19.1 Å². The summed E-state index contributed by atoms with van der Waals surface area (Å²) >= 11 is 0. The van der Waals surface area contributed by atoms with E-state index in [4.69, 9.17) is 10.5 Å². The Balaban J connectivity index is 4.04. The van der Waals surface area contributed by atoms with Crippen LogP contribution in [-0.2, 0) is 14.3 Å². The van der Waals surface area contributed by atoms with Crippen molar-refractivity contribution in [3.63, 3.8) is 0 Å². The molecule has 0 aromatic rings. The highest BCUT2D eigenvalue weighted by molar-refractivity contribution is 5.75. The molecule has 0 saturated heterocycles. The van der Waals surface area contributed by atoms with Crippen LogP contribution in [0.3, 0.4) is 0 Å². The number of rotatable bonds is 4. The predicted molar refractivity (Wildman–Crippen MR) is 63.4 cm³/mol. The van der Waals surface area contributed by atoms with Gasteiger partial charge in [-0.25, -0.2) is 4.79 Å². The van der Waals surface area contributed by atoms with E-state index < -0.39 is 23.7 Å². The molecular weight excluding hydrogens is 224 g/mol. The highest BCUT2D eigenvalue weighted by Crippen LogP contribution is 2.07. The molecule has 0 rings (SSSR count). The minimum atomic E-state index is -0.755. The van der Waals surface area contributed by atoms with Gasteiger partial charge in [0.15, 0.2) is 0 Å². The topological polar surface area (TPSA) is 90.6 Å². The standard InChI is InChI=1S/C11H22N2O4/c1-7(8(12)9(14)16-5)6-13-10(15)17-11(2,3)4/h7-8H,6,12H2,1-5H3,(H,13,15). The van der Waals surface area contributed by atoms with Crippen LogP contribution < -0.4 is 11.1 Å². The highest BCUT2D eigenvalue weighted by atomic mass is 16.6. The molecule has 6 nitrogen and oxygen atoms in total. The number of carbonyl (C=O) groups is 2. The Morgan fingerprint density at radius 3 is 2.29 bits per heavy atom. The second-order valence-electron chi connectivity index (χ2n) is 4.91. The molecule has 0 radical (unpaired) electrons.